The summed E-state index contributed by atoms with van der Waals surface area (Å²) < 4.78 is 5.19. The van der Waals surface area contributed by atoms with E-state index in [0.717, 1.165) is 13.2 Å². The van der Waals surface area contributed by atoms with E-state index in [1.165, 1.54) is 0 Å². The van der Waals surface area contributed by atoms with Crippen LogP contribution in [0.25, 0.3) is 0 Å². The van der Waals surface area contributed by atoms with E-state index in [1.807, 2.05) is 0 Å². The van der Waals surface area contributed by atoms with Crippen molar-refractivity contribution in [3.05, 3.63) is 0 Å². The number of carbonyl (C=O) groups is 1. The van der Waals surface area contributed by atoms with E-state index in [1.54, 1.807) is 0 Å². The van der Waals surface area contributed by atoms with Crippen LogP contribution in [0.1, 0.15) is 0 Å². The first-order valence-electron chi connectivity index (χ1n) is 4.02. The molecular weight excluding hydrogens is 160 g/mol. The first kappa shape index (κ1) is 9.44. The van der Waals surface area contributed by atoms with E-state index in [9.17, 15) is 4.79 Å². The van der Waals surface area contributed by atoms with Crippen LogP contribution in [0, 0.1) is 0 Å². The molecule has 0 bridgehead atoms. The molecule has 1 heterocycles. The minimum Gasteiger partial charge on any atom is -0.480 e. The van der Waals surface area contributed by atoms with Crippen molar-refractivity contribution in [2.45, 2.75) is 6.04 Å². The van der Waals surface area contributed by atoms with Crippen LogP contribution >= 0.6 is 0 Å². The summed E-state index contributed by atoms with van der Waals surface area (Å²) in [6.45, 7) is 2.91. The third kappa shape index (κ3) is 3.66. The average Bonchev–Trinajstić information content (AvgIpc) is 2.05. The fourth-order valence-electron chi connectivity index (χ4n) is 1.10. The molecule has 0 saturated carbocycles. The number of aliphatic carboxylic acids is 1. The maximum Gasteiger partial charge on any atom is 0.317 e. The topological polar surface area (TPSA) is 70.6 Å². The van der Waals surface area contributed by atoms with Crippen LogP contribution in [0.3, 0.4) is 0 Å². The predicted molar refractivity (Wildman–Crippen MR) is 43.1 cm³/mol. The summed E-state index contributed by atoms with van der Waals surface area (Å²) >= 11 is 0. The van der Waals surface area contributed by atoms with Crippen LogP contribution in [0.4, 0.5) is 0 Å². The molecule has 0 radical (unpaired) electrons. The Balaban J connectivity index is 2.01. The highest BCUT2D eigenvalue weighted by molar-refractivity contribution is 5.68. The fraction of sp³-hybridized carbons (Fsp3) is 0.857. The van der Waals surface area contributed by atoms with Crippen molar-refractivity contribution in [3.8, 4) is 0 Å². The molecule has 5 nitrogen and oxygen atoms in total. The molecule has 0 aromatic rings. The molecule has 1 rings (SSSR count). The second-order valence-corrected chi connectivity index (χ2v) is 2.75. The van der Waals surface area contributed by atoms with Crippen molar-refractivity contribution in [3.63, 3.8) is 0 Å². The van der Waals surface area contributed by atoms with Crippen molar-refractivity contribution >= 4 is 5.97 Å². The summed E-state index contributed by atoms with van der Waals surface area (Å²) in [6, 6.07) is 0.248. The summed E-state index contributed by atoms with van der Waals surface area (Å²) in [5.41, 5.74) is 0. The van der Waals surface area contributed by atoms with Gasteiger partial charge in [0.05, 0.1) is 19.8 Å². The van der Waals surface area contributed by atoms with E-state index >= 15 is 0 Å². The number of rotatable bonds is 4. The number of hydrogen-bond acceptors (Lipinski definition) is 4. The Hall–Kier alpha value is -0.650. The number of hydrogen-bond donors (Lipinski definition) is 3. The second kappa shape index (κ2) is 5.08. The zero-order chi connectivity index (χ0) is 8.81. The summed E-state index contributed by atoms with van der Waals surface area (Å²) in [6.07, 6.45) is 0. The Bertz CT molecular complexity index is 146. The van der Waals surface area contributed by atoms with Crippen molar-refractivity contribution in [1.82, 2.24) is 10.6 Å². The first-order chi connectivity index (χ1) is 5.79. The van der Waals surface area contributed by atoms with Gasteiger partial charge in [-0.1, -0.05) is 0 Å². The monoisotopic (exact) mass is 174 g/mol. The molecule has 1 saturated heterocycles. The molecule has 1 aliphatic rings. The molecule has 0 aromatic heterocycles. The van der Waals surface area contributed by atoms with Gasteiger partial charge in [-0.2, -0.15) is 0 Å². The van der Waals surface area contributed by atoms with E-state index in [2.05, 4.69) is 10.6 Å². The predicted octanol–water partition coefficient (Wildman–Crippen LogP) is -1.35. The van der Waals surface area contributed by atoms with Crippen LogP contribution in [-0.2, 0) is 9.53 Å². The van der Waals surface area contributed by atoms with Gasteiger partial charge in [0.1, 0.15) is 0 Å². The lowest BCUT2D eigenvalue weighted by Gasteiger charge is -2.23. The first-order valence-corrected chi connectivity index (χ1v) is 4.02. The quantitative estimate of drug-likeness (QED) is 0.491. The Labute approximate surface area is 71.1 Å². The van der Waals surface area contributed by atoms with Crippen molar-refractivity contribution in [1.29, 1.82) is 0 Å². The second-order valence-electron chi connectivity index (χ2n) is 2.75. The SMILES string of the molecule is O=C(O)CNCC1COCCN1. The van der Waals surface area contributed by atoms with Crippen LogP contribution in [-0.4, -0.2) is 50.0 Å². The van der Waals surface area contributed by atoms with Gasteiger partial charge in [0, 0.05) is 19.1 Å². The Kier molecular flexibility index (Phi) is 3.99. The van der Waals surface area contributed by atoms with Gasteiger partial charge in [-0.3, -0.25) is 4.79 Å². The van der Waals surface area contributed by atoms with E-state index in [-0.39, 0.29) is 12.6 Å². The number of carboxylic acids is 1. The van der Waals surface area contributed by atoms with E-state index < -0.39 is 5.97 Å². The molecule has 70 valence electrons. The van der Waals surface area contributed by atoms with Gasteiger partial charge < -0.3 is 20.5 Å². The minimum atomic E-state index is -0.827. The van der Waals surface area contributed by atoms with Crippen LogP contribution in [0.5, 0.6) is 0 Å². The van der Waals surface area contributed by atoms with Gasteiger partial charge in [-0.05, 0) is 0 Å². The molecule has 1 atom stereocenters. The van der Waals surface area contributed by atoms with E-state index in [0.29, 0.717) is 13.2 Å². The molecule has 1 fully saturated rings. The lowest BCUT2D eigenvalue weighted by atomic mass is 10.3. The molecule has 0 spiro atoms. The van der Waals surface area contributed by atoms with Gasteiger partial charge >= 0.3 is 5.97 Å². The number of ether oxygens (including phenoxy) is 1. The van der Waals surface area contributed by atoms with Crippen molar-refractivity contribution in [2.75, 3.05) is 32.8 Å². The van der Waals surface area contributed by atoms with Gasteiger partial charge in [-0.15, -0.1) is 0 Å². The third-order valence-corrected chi connectivity index (χ3v) is 1.67. The van der Waals surface area contributed by atoms with Crippen molar-refractivity contribution in [2.24, 2.45) is 0 Å². The highest BCUT2D eigenvalue weighted by Crippen LogP contribution is 1.90. The molecule has 1 unspecified atom stereocenters. The summed E-state index contributed by atoms with van der Waals surface area (Å²) in [4.78, 5) is 10.1. The molecule has 0 aromatic carbocycles. The average molecular weight is 174 g/mol. The summed E-state index contributed by atoms with van der Waals surface area (Å²) in [5, 5.41) is 14.4. The zero-order valence-corrected chi connectivity index (χ0v) is 6.88. The van der Waals surface area contributed by atoms with Crippen molar-refractivity contribution < 1.29 is 14.6 Å². The van der Waals surface area contributed by atoms with Gasteiger partial charge in [-0.25, -0.2) is 0 Å². The lowest BCUT2D eigenvalue weighted by Crippen LogP contribution is -2.47. The molecule has 12 heavy (non-hydrogen) atoms. The van der Waals surface area contributed by atoms with Gasteiger partial charge in [0.25, 0.3) is 0 Å². The molecule has 0 aliphatic carbocycles. The maximum atomic E-state index is 10.1. The molecule has 0 amide bonds. The van der Waals surface area contributed by atoms with Crippen LogP contribution in [0.15, 0.2) is 0 Å². The molecular formula is C7H14N2O3. The highest BCUT2D eigenvalue weighted by Gasteiger charge is 2.11. The number of nitrogens with one attached hydrogen (secondary N) is 2. The summed E-state index contributed by atoms with van der Waals surface area (Å²) in [7, 11) is 0. The standard InChI is InChI=1S/C7H14N2O3/c10-7(11)4-8-3-6-5-12-2-1-9-6/h6,8-9H,1-5H2,(H,10,11). The normalized spacial score (nSPS) is 23.8. The smallest absolute Gasteiger partial charge is 0.317 e. The molecule has 5 heteroatoms. The minimum absolute atomic E-state index is 0.0121. The zero-order valence-electron chi connectivity index (χ0n) is 6.88. The largest absolute Gasteiger partial charge is 0.480 e. The van der Waals surface area contributed by atoms with E-state index in [4.69, 9.17) is 9.84 Å². The Morgan fingerprint density at radius 2 is 2.58 bits per heavy atom. The van der Waals surface area contributed by atoms with Gasteiger partial charge in [0.15, 0.2) is 0 Å². The molecule has 1 aliphatic heterocycles. The lowest BCUT2D eigenvalue weighted by molar-refractivity contribution is -0.136. The van der Waals surface area contributed by atoms with Crippen LogP contribution in [0.2, 0.25) is 0 Å². The van der Waals surface area contributed by atoms with Crippen LogP contribution < -0.4 is 10.6 Å². The number of carboxylic acid groups (broad SMARTS) is 1. The molecule has 3 N–H and O–H groups in total. The highest BCUT2D eigenvalue weighted by atomic mass is 16.5. The fourth-order valence-corrected chi connectivity index (χ4v) is 1.10. The third-order valence-electron chi connectivity index (χ3n) is 1.67. The van der Waals surface area contributed by atoms with Gasteiger partial charge in [0.2, 0.25) is 0 Å². The summed E-state index contributed by atoms with van der Waals surface area (Å²) in [5.74, 6) is -0.827. The number of morpholine rings is 1. The Morgan fingerprint density at radius 3 is 3.17 bits per heavy atom. The Morgan fingerprint density at radius 1 is 1.75 bits per heavy atom. The maximum absolute atomic E-state index is 10.1.